The van der Waals surface area contributed by atoms with Crippen molar-refractivity contribution in [2.24, 2.45) is 11.3 Å². The number of rotatable bonds is 1. The summed E-state index contributed by atoms with van der Waals surface area (Å²) in [6.45, 7) is 4.27. The molecule has 5 heterocycles. The van der Waals surface area contributed by atoms with Gasteiger partial charge in [0.05, 0.1) is 16.8 Å². The molecule has 2 aromatic heterocycles. The van der Waals surface area contributed by atoms with Gasteiger partial charge in [-0.2, -0.15) is 0 Å². The molecule has 216 valence electrons. The molecule has 3 N–H and O–H groups in total. The summed E-state index contributed by atoms with van der Waals surface area (Å²) in [5, 5.41) is 19.4. The van der Waals surface area contributed by atoms with Gasteiger partial charge in [0.25, 0.3) is 0 Å². The van der Waals surface area contributed by atoms with E-state index in [4.69, 9.17) is 4.98 Å². The van der Waals surface area contributed by atoms with Crippen molar-refractivity contribution in [3.05, 3.63) is 72.6 Å². The van der Waals surface area contributed by atoms with Gasteiger partial charge in [-0.3, -0.25) is 4.98 Å². The van der Waals surface area contributed by atoms with Crippen molar-refractivity contribution >= 4 is 27.4 Å². The molecule has 0 amide bonds. The van der Waals surface area contributed by atoms with E-state index in [1.807, 2.05) is 6.20 Å². The van der Waals surface area contributed by atoms with Crippen LogP contribution in [0.15, 0.2) is 66.9 Å². The second-order valence-electron chi connectivity index (χ2n) is 13.1. The Hall–Kier alpha value is -2.73. The van der Waals surface area contributed by atoms with Crippen LogP contribution in [0.25, 0.3) is 27.4 Å². The van der Waals surface area contributed by atoms with Crippen molar-refractivity contribution in [2.75, 3.05) is 26.2 Å². The van der Waals surface area contributed by atoms with Crippen LogP contribution in [0, 0.1) is 11.3 Å². The van der Waals surface area contributed by atoms with Gasteiger partial charge in [-0.15, -0.1) is 0 Å². The average Bonchev–Trinajstić information content (AvgIpc) is 3.35. The van der Waals surface area contributed by atoms with Crippen LogP contribution in [0.3, 0.4) is 0 Å². The monoisotopic (exact) mass is 550 g/mol. The summed E-state index contributed by atoms with van der Waals surface area (Å²) in [5.74, 6) is 0.343. The lowest BCUT2D eigenvalue weighted by Gasteiger charge is -2.60. The molecule has 41 heavy (non-hydrogen) atoms. The summed E-state index contributed by atoms with van der Waals surface area (Å²) in [5.41, 5.74) is 3.55. The minimum absolute atomic E-state index is 0.0223. The zero-order valence-electron chi connectivity index (χ0n) is 24.5. The molecule has 7 rings (SSSR count). The molecule has 4 aliphatic rings. The first-order chi connectivity index (χ1) is 20.2. The summed E-state index contributed by atoms with van der Waals surface area (Å²) in [7, 11) is 0. The number of hydrogen-bond donors (Lipinski definition) is 3. The Morgan fingerprint density at radius 3 is 2.56 bits per heavy atom. The Bertz CT molecular complexity index is 1470. The zero-order chi connectivity index (χ0) is 27.7. The predicted octanol–water partition coefficient (Wildman–Crippen LogP) is 7.15. The van der Waals surface area contributed by atoms with Crippen molar-refractivity contribution in [1.82, 2.24) is 20.2 Å². The van der Waals surface area contributed by atoms with E-state index in [-0.39, 0.29) is 11.5 Å². The van der Waals surface area contributed by atoms with Crippen LogP contribution in [0.4, 0.5) is 0 Å². The summed E-state index contributed by atoms with van der Waals surface area (Å²) in [6.07, 6.45) is 25.8. The first-order valence-electron chi connectivity index (χ1n) is 16.2. The fourth-order valence-corrected chi connectivity index (χ4v) is 8.69. The van der Waals surface area contributed by atoms with Gasteiger partial charge in [0.1, 0.15) is 0 Å². The SMILES string of the molecule is O[C@]12C=C(c3nccc4c3[nH]c3ccccc34)[C@@H]3CCN(CCCC/C=C/CC1)C[C@@]31CC/C=C\CCCCN[C@H]12. The van der Waals surface area contributed by atoms with Crippen molar-refractivity contribution in [2.45, 2.75) is 82.3 Å². The van der Waals surface area contributed by atoms with Gasteiger partial charge in [0, 0.05) is 40.5 Å². The Kier molecular flexibility index (Phi) is 7.61. The maximum atomic E-state index is 12.9. The molecule has 0 saturated carbocycles. The molecule has 1 spiro atoms. The molecule has 1 aliphatic carbocycles. The summed E-state index contributed by atoms with van der Waals surface area (Å²) in [4.78, 5) is 11.6. The lowest BCUT2D eigenvalue weighted by Crippen LogP contribution is -2.68. The average molecular weight is 551 g/mol. The molecule has 1 fully saturated rings. The third-order valence-electron chi connectivity index (χ3n) is 10.6. The van der Waals surface area contributed by atoms with Crippen molar-refractivity contribution in [1.29, 1.82) is 0 Å². The first kappa shape index (κ1) is 27.1. The first-order valence-corrected chi connectivity index (χ1v) is 16.2. The van der Waals surface area contributed by atoms with E-state index < -0.39 is 5.60 Å². The van der Waals surface area contributed by atoms with Gasteiger partial charge < -0.3 is 20.3 Å². The van der Waals surface area contributed by atoms with Gasteiger partial charge in [-0.1, -0.05) is 42.5 Å². The Labute approximate surface area is 244 Å². The van der Waals surface area contributed by atoms with Gasteiger partial charge in [-0.05, 0) is 120 Å². The Morgan fingerprint density at radius 2 is 1.66 bits per heavy atom. The molecule has 3 bridgehead atoms. The van der Waals surface area contributed by atoms with Crippen LogP contribution >= 0.6 is 0 Å². The second-order valence-corrected chi connectivity index (χ2v) is 13.1. The minimum atomic E-state index is -0.944. The third kappa shape index (κ3) is 5.00. The summed E-state index contributed by atoms with van der Waals surface area (Å²) >= 11 is 0. The van der Waals surface area contributed by atoms with E-state index in [9.17, 15) is 5.11 Å². The molecular formula is C36H46N4O. The predicted molar refractivity (Wildman–Crippen MR) is 170 cm³/mol. The number of aromatic amines is 1. The molecule has 0 radical (unpaired) electrons. The highest BCUT2D eigenvalue weighted by molar-refractivity contribution is 6.09. The number of nitrogens with one attached hydrogen (secondary N) is 2. The van der Waals surface area contributed by atoms with Crippen molar-refractivity contribution < 1.29 is 5.11 Å². The van der Waals surface area contributed by atoms with Crippen molar-refractivity contribution in [3.63, 3.8) is 0 Å². The van der Waals surface area contributed by atoms with Crippen molar-refractivity contribution in [3.8, 4) is 0 Å². The number of benzene rings is 1. The molecule has 3 aromatic rings. The quantitative estimate of drug-likeness (QED) is 0.282. The van der Waals surface area contributed by atoms with Crippen LogP contribution in [0.1, 0.15) is 76.3 Å². The van der Waals surface area contributed by atoms with Gasteiger partial charge >= 0.3 is 0 Å². The van der Waals surface area contributed by atoms with Gasteiger partial charge in [0.2, 0.25) is 0 Å². The number of aromatic nitrogens is 2. The standard InChI is InChI=1S/C36H46N4O/c41-36-20-12-6-2-4-8-14-23-40-24-18-30(35(26-40)19-11-5-1-3-7-13-21-38-34(35)36)29(25-36)32-33-28(17-22-37-32)27-15-9-10-16-31(27)39-33/h1-2,5-6,9-10,15-17,22,25,30,34,38-39,41H,3-4,7-8,11-14,18-21,23-24,26H2/b5-1-,6-2+/t30-,34+,35-,36-/m0/s1. The normalized spacial score (nSPS) is 34.9. The van der Waals surface area contributed by atoms with E-state index in [1.54, 1.807) is 0 Å². The topological polar surface area (TPSA) is 64.2 Å². The third-order valence-corrected chi connectivity index (χ3v) is 10.6. The Balaban J connectivity index is 1.44. The highest BCUT2D eigenvalue weighted by atomic mass is 16.3. The maximum absolute atomic E-state index is 12.9. The molecule has 5 nitrogen and oxygen atoms in total. The smallest absolute Gasteiger partial charge is 0.0995 e. The number of nitrogens with zero attached hydrogens (tertiary/aromatic N) is 2. The van der Waals surface area contributed by atoms with Crippen LogP contribution in [-0.2, 0) is 0 Å². The molecule has 1 unspecified atom stereocenters. The van der Waals surface area contributed by atoms with Crippen LogP contribution in [-0.4, -0.2) is 57.8 Å². The van der Waals surface area contributed by atoms with Crippen LogP contribution in [0.2, 0.25) is 0 Å². The number of piperidine rings is 1. The summed E-state index contributed by atoms with van der Waals surface area (Å²) < 4.78 is 0. The Morgan fingerprint density at radius 1 is 0.854 bits per heavy atom. The zero-order valence-corrected chi connectivity index (χ0v) is 24.5. The number of pyridine rings is 1. The van der Waals surface area contributed by atoms with E-state index in [2.05, 4.69) is 75.9 Å². The molecule has 1 aromatic carbocycles. The number of allylic oxidation sites excluding steroid dienone is 5. The molecule has 3 aliphatic heterocycles. The molecule has 5 heteroatoms. The number of hydrogen-bond acceptors (Lipinski definition) is 4. The number of fused-ring (bicyclic) bond motifs is 4. The largest absolute Gasteiger partial charge is 0.384 e. The lowest BCUT2D eigenvalue weighted by atomic mass is 9.53. The fraction of sp³-hybridized carbons (Fsp3) is 0.528. The lowest BCUT2D eigenvalue weighted by molar-refractivity contribution is -0.0798. The van der Waals surface area contributed by atoms with E-state index in [0.717, 1.165) is 94.3 Å². The molecular weight excluding hydrogens is 504 g/mol. The van der Waals surface area contributed by atoms with E-state index in [0.29, 0.717) is 5.92 Å². The number of para-hydroxylation sites is 1. The van der Waals surface area contributed by atoms with E-state index in [1.165, 1.54) is 35.6 Å². The summed E-state index contributed by atoms with van der Waals surface area (Å²) in [6, 6.07) is 10.7. The van der Waals surface area contributed by atoms with Crippen LogP contribution < -0.4 is 5.32 Å². The molecule has 5 atom stereocenters. The highest BCUT2D eigenvalue weighted by Crippen LogP contribution is 2.56. The van der Waals surface area contributed by atoms with E-state index >= 15 is 0 Å². The number of aliphatic hydroxyl groups is 1. The highest BCUT2D eigenvalue weighted by Gasteiger charge is 2.58. The fourth-order valence-electron chi connectivity index (χ4n) is 8.69. The minimum Gasteiger partial charge on any atom is -0.384 e. The maximum Gasteiger partial charge on any atom is 0.0995 e. The second kappa shape index (κ2) is 11.5. The van der Waals surface area contributed by atoms with Gasteiger partial charge in [0.15, 0.2) is 0 Å². The van der Waals surface area contributed by atoms with Crippen LogP contribution in [0.5, 0.6) is 0 Å². The number of H-pyrrole nitrogens is 1. The molecule has 1 saturated heterocycles. The van der Waals surface area contributed by atoms with Gasteiger partial charge in [-0.25, -0.2) is 0 Å².